The highest BCUT2D eigenvalue weighted by Crippen LogP contribution is 2.48. The van der Waals surface area contributed by atoms with Gasteiger partial charge in [-0.1, -0.05) is 12.1 Å². The molecule has 1 saturated heterocycles. The molecule has 0 amide bonds. The Morgan fingerprint density at radius 3 is 2.00 bits per heavy atom. The topological polar surface area (TPSA) is 46.7 Å². The van der Waals surface area contributed by atoms with Crippen LogP contribution in [-0.4, -0.2) is 20.3 Å². The first-order valence-corrected chi connectivity index (χ1v) is 6.68. The van der Waals surface area contributed by atoms with Crippen molar-refractivity contribution in [2.75, 3.05) is 6.26 Å². The first-order chi connectivity index (χ1) is 6.81. The van der Waals surface area contributed by atoms with Crippen molar-refractivity contribution in [2.24, 2.45) is 0 Å². The minimum atomic E-state index is -3.09. The molecule has 82 valence electrons. The Kier molecular flexibility index (Phi) is 2.17. The fourth-order valence-corrected chi connectivity index (χ4v) is 2.26. The summed E-state index contributed by atoms with van der Waals surface area (Å²) in [6, 6.07) is 6.89. The molecule has 1 aromatic rings. The molecule has 1 aromatic carbocycles. The molecule has 2 rings (SSSR count). The molecule has 0 aliphatic carbocycles. The summed E-state index contributed by atoms with van der Waals surface area (Å²) in [5, 5.41) is 0. The van der Waals surface area contributed by atoms with Crippen molar-refractivity contribution in [2.45, 2.75) is 30.4 Å². The van der Waals surface area contributed by atoms with Gasteiger partial charge in [0.1, 0.15) is 6.10 Å². The van der Waals surface area contributed by atoms with Gasteiger partial charge in [-0.05, 0) is 31.5 Å². The van der Waals surface area contributed by atoms with E-state index in [9.17, 15) is 8.42 Å². The fraction of sp³-hybridized carbons (Fsp3) is 0.455. The highest BCUT2D eigenvalue weighted by Gasteiger charge is 2.48. The van der Waals surface area contributed by atoms with E-state index < -0.39 is 9.84 Å². The van der Waals surface area contributed by atoms with E-state index in [2.05, 4.69) is 0 Å². The summed E-state index contributed by atoms with van der Waals surface area (Å²) in [5.41, 5.74) is 0.930. The number of hydrogen-bond donors (Lipinski definition) is 0. The third kappa shape index (κ3) is 2.06. The van der Waals surface area contributed by atoms with E-state index in [1.165, 1.54) is 6.26 Å². The highest BCUT2D eigenvalue weighted by atomic mass is 32.2. The molecule has 0 spiro atoms. The largest absolute Gasteiger partial charge is 0.362 e. The van der Waals surface area contributed by atoms with Gasteiger partial charge in [0.25, 0.3) is 0 Å². The Morgan fingerprint density at radius 1 is 1.20 bits per heavy atom. The van der Waals surface area contributed by atoms with E-state index in [4.69, 9.17) is 4.74 Å². The van der Waals surface area contributed by atoms with Gasteiger partial charge in [0.05, 0.1) is 10.5 Å². The van der Waals surface area contributed by atoms with Gasteiger partial charge in [-0.15, -0.1) is 0 Å². The lowest BCUT2D eigenvalue weighted by molar-refractivity contribution is 0.325. The van der Waals surface area contributed by atoms with E-state index in [0.717, 1.165) is 5.56 Å². The summed E-state index contributed by atoms with van der Waals surface area (Å²) < 4.78 is 27.9. The van der Waals surface area contributed by atoms with E-state index in [0.29, 0.717) is 4.90 Å². The zero-order valence-electron chi connectivity index (χ0n) is 9.02. The SMILES string of the molecule is CC1(C)OC1c1ccc(S(C)(=O)=O)cc1. The summed E-state index contributed by atoms with van der Waals surface area (Å²) in [5.74, 6) is 0. The average Bonchev–Trinajstić information content (AvgIpc) is 2.74. The Balaban J connectivity index is 2.27. The first-order valence-electron chi connectivity index (χ1n) is 4.78. The molecular weight excluding hydrogens is 212 g/mol. The van der Waals surface area contributed by atoms with Crippen LogP contribution in [0.5, 0.6) is 0 Å². The number of rotatable bonds is 2. The predicted molar refractivity (Wildman–Crippen MR) is 57.5 cm³/mol. The molecular formula is C11H14O3S. The van der Waals surface area contributed by atoms with Crippen LogP contribution in [0.25, 0.3) is 0 Å². The number of benzene rings is 1. The van der Waals surface area contributed by atoms with Crippen molar-refractivity contribution in [1.82, 2.24) is 0 Å². The average molecular weight is 226 g/mol. The van der Waals surface area contributed by atoms with Gasteiger partial charge < -0.3 is 4.74 Å². The number of sulfone groups is 1. The van der Waals surface area contributed by atoms with E-state index >= 15 is 0 Å². The summed E-state index contributed by atoms with van der Waals surface area (Å²) >= 11 is 0. The molecule has 1 unspecified atom stereocenters. The molecule has 0 N–H and O–H groups in total. The molecule has 0 aromatic heterocycles. The third-order valence-electron chi connectivity index (χ3n) is 2.61. The van der Waals surface area contributed by atoms with Crippen LogP contribution in [0.4, 0.5) is 0 Å². The summed E-state index contributed by atoms with van der Waals surface area (Å²) in [7, 11) is -3.09. The standard InChI is InChI=1S/C11H14O3S/c1-11(2)10(14-11)8-4-6-9(7-5-8)15(3,12)13/h4-7,10H,1-3H3. The number of epoxide rings is 1. The van der Waals surface area contributed by atoms with Gasteiger partial charge in [-0.2, -0.15) is 0 Å². The van der Waals surface area contributed by atoms with Gasteiger partial charge in [-0.25, -0.2) is 8.42 Å². The quantitative estimate of drug-likeness (QED) is 0.724. The molecule has 1 aliphatic heterocycles. The van der Waals surface area contributed by atoms with Crippen LogP contribution in [0.3, 0.4) is 0 Å². The summed E-state index contributed by atoms with van der Waals surface area (Å²) in [4.78, 5) is 0.352. The van der Waals surface area contributed by atoms with Crippen LogP contribution in [0.2, 0.25) is 0 Å². The maximum Gasteiger partial charge on any atom is 0.175 e. The van der Waals surface area contributed by atoms with Gasteiger partial charge in [0.15, 0.2) is 9.84 Å². The van der Waals surface area contributed by atoms with Crippen LogP contribution in [0.1, 0.15) is 25.5 Å². The third-order valence-corrected chi connectivity index (χ3v) is 3.74. The minimum Gasteiger partial charge on any atom is -0.362 e. The van der Waals surface area contributed by atoms with Crippen molar-refractivity contribution in [3.8, 4) is 0 Å². The lowest BCUT2D eigenvalue weighted by atomic mass is 10.0. The molecule has 1 fully saturated rings. The maximum absolute atomic E-state index is 11.2. The van der Waals surface area contributed by atoms with Crippen LogP contribution >= 0.6 is 0 Å². The molecule has 0 bridgehead atoms. The van der Waals surface area contributed by atoms with E-state index in [-0.39, 0.29) is 11.7 Å². The van der Waals surface area contributed by atoms with Crippen molar-refractivity contribution in [3.05, 3.63) is 29.8 Å². The molecule has 4 heteroatoms. The van der Waals surface area contributed by atoms with E-state index in [1.807, 2.05) is 26.0 Å². The Labute approximate surface area is 90.0 Å². The molecule has 1 atom stereocenters. The van der Waals surface area contributed by atoms with Crippen LogP contribution in [0.15, 0.2) is 29.2 Å². The molecule has 1 heterocycles. The van der Waals surface area contributed by atoms with Crippen LogP contribution in [0, 0.1) is 0 Å². The highest BCUT2D eigenvalue weighted by molar-refractivity contribution is 7.90. The molecule has 0 saturated carbocycles. The monoisotopic (exact) mass is 226 g/mol. The minimum absolute atomic E-state index is 0.103. The zero-order chi connectivity index (χ0) is 11.3. The van der Waals surface area contributed by atoms with Crippen molar-refractivity contribution >= 4 is 9.84 Å². The number of ether oxygens (including phenoxy) is 1. The van der Waals surface area contributed by atoms with Crippen molar-refractivity contribution in [1.29, 1.82) is 0 Å². The van der Waals surface area contributed by atoms with Crippen molar-refractivity contribution < 1.29 is 13.2 Å². The lowest BCUT2D eigenvalue weighted by Gasteiger charge is -2.00. The smallest absolute Gasteiger partial charge is 0.175 e. The molecule has 15 heavy (non-hydrogen) atoms. The summed E-state index contributed by atoms with van der Waals surface area (Å²) in [6.07, 6.45) is 1.31. The van der Waals surface area contributed by atoms with Gasteiger partial charge >= 0.3 is 0 Å². The molecule has 3 nitrogen and oxygen atoms in total. The molecule has 1 aliphatic rings. The zero-order valence-corrected chi connectivity index (χ0v) is 9.84. The Bertz CT molecular complexity index is 471. The van der Waals surface area contributed by atoms with E-state index in [1.54, 1.807) is 12.1 Å². The Hall–Kier alpha value is -0.870. The lowest BCUT2D eigenvalue weighted by Crippen LogP contribution is -1.99. The van der Waals surface area contributed by atoms with Gasteiger partial charge in [0.2, 0.25) is 0 Å². The van der Waals surface area contributed by atoms with Crippen LogP contribution < -0.4 is 0 Å². The fourth-order valence-electron chi connectivity index (χ4n) is 1.63. The maximum atomic E-state index is 11.2. The Morgan fingerprint density at radius 2 is 1.67 bits per heavy atom. The second-order valence-corrected chi connectivity index (χ2v) is 6.46. The number of hydrogen-bond acceptors (Lipinski definition) is 3. The van der Waals surface area contributed by atoms with Gasteiger partial charge in [-0.3, -0.25) is 0 Å². The second kappa shape index (κ2) is 3.06. The van der Waals surface area contributed by atoms with Crippen molar-refractivity contribution in [3.63, 3.8) is 0 Å². The predicted octanol–water partition coefficient (Wildman–Crippen LogP) is 1.94. The normalized spacial score (nSPS) is 23.8. The first kappa shape index (κ1) is 10.6. The second-order valence-electron chi connectivity index (χ2n) is 4.44. The van der Waals surface area contributed by atoms with Gasteiger partial charge in [0, 0.05) is 6.26 Å². The molecule has 0 radical (unpaired) electrons. The summed E-state index contributed by atoms with van der Waals surface area (Å²) in [6.45, 7) is 4.03. The van der Waals surface area contributed by atoms with Crippen LogP contribution in [-0.2, 0) is 14.6 Å².